The number of hydrogen-bond acceptors (Lipinski definition) is 6. The van der Waals surface area contributed by atoms with E-state index in [-0.39, 0.29) is 22.8 Å². The van der Waals surface area contributed by atoms with Crippen molar-refractivity contribution in [1.29, 1.82) is 0 Å². The molecule has 1 amide bonds. The molecule has 0 aliphatic carbocycles. The van der Waals surface area contributed by atoms with Gasteiger partial charge in [0.15, 0.2) is 11.0 Å². The third-order valence-corrected chi connectivity index (χ3v) is 6.34. The Morgan fingerprint density at radius 2 is 1.82 bits per heavy atom. The van der Waals surface area contributed by atoms with E-state index in [1.165, 1.54) is 12.1 Å². The maximum Gasteiger partial charge on any atom is 0.288 e. The zero-order valence-electron chi connectivity index (χ0n) is 18.1. The number of nitro benzene ring substituents is 1. The van der Waals surface area contributed by atoms with E-state index in [2.05, 4.69) is 15.5 Å². The Kier molecular flexibility index (Phi) is 7.24. The highest BCUT2D eigenvalue weighted by Gasteiger charge is 2.19. The number of nitro groups is 1. The van der Waals surface area contributed by atoms with Crippen molar-refractivity contribution in [2.75, 3.05) is 0 Å². The second kappa shape index (κ2) is 10.5. The van der Waals surface area contributed by atoms with Crippen molar-refractivity contribution in [3.8, 4) is 5.69 Å². The first kappa shape index (κ1) is 23.5. The van der Waals surface area contributed by atoms with Crippen LogP contribution in [0.4, 0.5) is 5.69 Å². The van der Waals surface area contributed by atoms with Crippen LogP contribution in [0.1, 0.15) is 27.3 Å². The van der Waals surface area contributed by atoms with Crippen LogP contribution in [0.25, 0.3) is 5.69 Å². The average molecular weight is 494 g/mol. The van der Waals surface area contributed by atoms with E-state index in [0.717, 1.165) is 22.9 Å². The second-order valence-electron chi connectivity index (χ2n) is 7.45. The molecule has 1 N–H and O–H groups in total. The number of hydrogen-bond donors (Lipinski definition) is 1. The van der Waals surface area contributed by atoms with Crippen LogP contribution in [0.15, 0.2) is 78.0 Å². The molecule has 0 aliphatic heterocycles. The standard InChI is InChI=1S/C24H20ClN5O3S/c1-16-7-10-19(11-8-16)29-22(27-28-24(29)34-15-17-5-3-2-4-6-17)14-26-23(31)18-9-12-20(25)21(13-18)30(32)33/h2-13H,14-15H2,1H3,(H,26,31). The van der Waals surface area contributed by atoms with E-state index < -0.39 is 10.8 Å². The number of aromatic nitrogens is 3. The molecule has 1 heterocycles. The van der Waals surface area contributed by atoms with Gasteiger partial charge < -0.3 is 5.32 Å². The van der Waals surface area contributed by atoms with Gasteiger partial charge in [-0.1, -0.05) is 71.4 Å². The maximum absolute atomic E-state index is 12.7. The summed E-state index contributed by atoms with van der Waals surface area (Å²) in [6.07, 6.45) is 0. The van der Waals surface area contributed by atoms with Gasteiger partial charge >= 0.3 is 0 Å². The number of rotatable bonds is 8. The lowest BCUT2D eigenvalue weighted by molar-refractivity contribution is -0.384. The molecule has 4 aromatic rings. The van der Waals surface area contributed by atoms with Gasteiger partial charge in [-0.25, -0.2) is 0 Å². The maximum atomic E-state index is 12.7. The van der Waals surface area contributed by atoms with Gasteiger partial charge in [-0.2, -0.15) is 0 Å². The zero-order chi connectivity index (χ0) is 24.1. The summed E-state index contributed by atoms with van der Waals surface area (Å²) in [7, 11) is 0. The minimum atomic E-state index is -0.622. The van der Waals surface area contributed by atoms with Crippen molar-refractivity contribution in [3.63, 3.8) is 0 Å². The number of aryl methyl sites for hydroxylation is 1. The van der Waals surface area contributed by atoms with Crippen LogP contribution in [0.2, 0.25) is 5.02 Å². The summed E-state index contributed by atoms with van der Waals surface area (Å²) < 4.78 is 1.90. The molecule has 10 heteroatoms. The molecule has 0 saturated carbocycles. The summed E-state index contributed by atoms with van der Waals surface area (Å²) >= 11 is 7.39. The molecule has 0 saturated heterocycles. The number of carbonyl (C=O) groups is 1. The highest BCUT2D eigenvalue weighted by atomic mass is 35.5. The number of nitrogens with zero attached hydrogens (tertiary/aromatic N) is 4. The predicted molar refractivity (Wildman–Crippen MR) is 131 cm³/mol. The Morgan fingerprint density at radius 3 is 2.53 bits per heavy atom. The lowest BCUT2D eigenvalue weighted by atomic mass is 10.2. The molecule has 0 unspecified atom stereocenters. The Bertz CT molecular complexity index is 1330. The Hall–Kier alpha value is -3.69. The van der Waals surface area contributed by atoms with Gasteiger partial charge in [-0.05, 0) is 36.8 Å². The molecule has 0 bridgehead atoms. The predicted octanol–water partition coefficient (Wildman–Crippen LogP) is 5.36. The summed E-state index contributed by atoms with van der Waals surface area (Å²) in [5.74, 6) is 0.777. The zero-order valence-corrected chi connectivity index (χ0v) is 19.7. The number of thioether (sulfide) groups is 1. The largest absolute Gasteiger partial charge is 0.345 e. The molecule has 4 rings (SSSR count). The minimum Gasteiger partial charge on any atom is -0.345 e. The lowest BCUT2D eigenvalue weighted by Gasteiger charge is -2.11. The topological polar surface area (TPSA) is 103 Å². The van der Waals surface area contributed by atoms with E-state index >= 15 is 0 Å². The lowest BCUT2D eigenvalue weighted by Crippen LogP contribution is -2.24. The fraction of sp³-hybridized carbons (Fsp3) is 0.125. The minimum absolute atomic E-state index is 0.0271. The summed E-state index contributed by atoms with van der Waals surface area (Å²) in [6, 6.07) is 21.9. The Morgan fingerprint density at radius 1 is 1.09 bits per heavy atom. The quantitative estimate of drug-likeness (QED) is 0.201. The number of halogens is 1. The number of amides is 1. The summed E-state index contributed by atoms with van der Waals surface area (Å²) in [4.78, 5) is 23.2. The molecule has 8 nitrogen and oxygen atoms in total. The smallest absolute Gasteiger partial charge is 0.288 e. The molecule has 172 valence electrons. The van der Waals surface area contributed by atoms with Crippen LogP contribution in [0, 0.1) is 17.0 Å². The molecule has 0 fully saturated rings. The average Bonchev–Trinajstić information content (AvgIpc) is 3.25. The van der Waals surface area contributed by atoms with E-state index in [1.54, 1.807) is 11.8 Å². The van der Waals surface area contributed by atoms with Crippen molar-refractivity contribution in [2.24, 2.45) is 0 Å². The van der Waals surface area contributed by atoms with Crippen molar-refractivity contribution < 1.29 is 9.72 Å². The van der Waals surface area contributed by atoms with Gasteiger partial charge in [-0.3, -0.25) is 19.5 Å². The Balaban J connectivity index is 1.57. The molecule has 3 aromatic carbocycles. The van der Waals surface area contributed by atoms with E-state index in [0.29, 0.717) is 16.7 Å². The first-order chi connectivity index (χ1) is 16.4. The van der Waals surface area contributed by atoms with Gasteiger partial charge in [0.2, 0.25) is 0 Å². The van der Waals surface area contributed by atoms with Gasteiger partial charge in [0.25, 0.3) is 11.6 Å². The monoisotopic (exact) mass is 493 g/mol. The number of carbonyl (C=O) groups excluding carboxylic acids is 1. The van der Waals surface area contributed by atoms with Gasteiger partial charge in [0.1, 0.15) is 5.02 Å². The van der Waals surface area contributed by atoms with Crippen LogP contribution in [-0.2, 0) is 12.3 Å². The van der Waals surface area contributed by atoms with Crippen LogP contribution in [0.5, 0.6) is 0 Å². The van der Waals surface area contributed by atoms with Gasteiger partial charge in [0, 0.05) is 23.1 Å². The number of nitrogens with one attached hydrogen (secondary N) is 1. The first-order valence-electron chi connectivity index (χ1n) is 10.3. The van der Waals surface area contributed by atoms with Crippen molar-refractivity contribution in [3.05, 3.63) is 110 Å². The van der Waals surface area contributed by atoms with Crippen molar-refractivity contribution >= 4 is 35.0 Å². The van der Waals surface area contributed by atoms with Crippen LogP contribution in [-0.4, -0.2) is 25.6 Å². The molecular formula is C24H20ClN5O3S. The van der Waals surface area contributed by atoms with E-state index in [1.807, 2.05) is 66.1 Å². The van der Waals surface area contributed by atoms with Crippen LogP contribution in [0.3, 0.4) is 0 Å². The SMILES string of the molecule is Cc1ccc(-n2c(CNC(=O)c3ccc(Cl)c([N+](=O)[O-])c3)nnc2SCc2ccccc2)cc1. The summed E-state index contributed by atoms with van der Waals surface area (Å²) in [6.45, 7) is 2.09. The third kappa shape index (κ3) is 5.44. The van der Waals surface area contributed by atoms with E-state index in [4.69, 9.17) is 11.6 Å². The molecule has 0 spiro atoms. The molecule has 0 atom stereocenters. The summed E-state index contributed by atoms with van der Waals surface area (Å²) in [5, 5.41) is 23.2. The third-order valence-electron chi connectivity index (χ3n) is 5.02. The van der Waals surface area contributed by atoms with Gasteiger partial charge in [0.05, 0.1) is 11.5 Å². The Labute approximate surface area is 205 Å². The van der Waals surface area contributed by atoms with E-state index in [9.17, 15) is 14.9 Å². The van der Waals surface area contributed by atoms with Crippen LogP contribution >= 0.6 is 23.4 Å². The van der Waals surface area contributed by atoms with Gasteiger partial charge in [-0.15, -0.1) is 10.2 Å². The molecular weight excluding hydrogens is 474 g/mol. The normalized spacial score (nSPS) is 10.8. The second-order valence-corrected chi connectivity index (χ2v) is 8.80. The molecule has 1 aromatic heterocycles. The first-order valence-corrected chi connectivity index (χ1v) is 11.7. The molecule has 34 heavy (non-hydrogen) atoms. The fourth-order valence-electron chi connectivity index (χ4n) is 3.24. The molecule has 0 aliphatic rings. The van der Waals surface area contributed by atoms with Crippen molar-refractivity contribution in [2.45, 2.75) is 24.4 Å². The molecule has 0 radical (unpaired) electrons. The van der Waals surface area contributed by atoms with Crippen LogP contribution < -0.4 is 5.32 Å². The highest BCUT2D eigenvalue weighted by Crippen LogP contribution is 2.27. The summed E-state index contributed by atoms with van der Waals surface area (Å²) in [5.41, 5.74) is 2.96. The fourth-order valence-corrected chi connectivity index (χ4v) is 4.35. The van der Waals surface area contributed by atoms with Crippen molar-refractivity contribution in [1.82, 2.24) is 20.1 Å². The highest BCUT2D eigenvalue weighted by molar-refractivity contribution is 7.98. The number of benzene rings is 3.